The summed E-state index contributed by atoms with van der Waals surface area (Å²) in [6, 6.07) is 16.7. The number of halogens is 3. The number of hydrogen-bond donors (Lipinski definition) is 1. The van der Waals surface area contributed by atoms with Crippen molar-refractivity contribution in [2.24, 2.45) is 0 Å². The van der Waals surface area contributed by atoms with Gasteiger partial charge in [0.1, 0.15) is 11.6 Å². The zero-order chi connectivity index (χ0) is 22.7. The van der Waals surface area contributed by atoms with Crippen molar-refractivity contribution in [3.05, 3.63) is 89.2 Å². The molecule has 0 saturated heterocycles. The monoisotopic (exact) mass is 462 g/mol. The predicted octanol–water partition coefficient (Wildman–Crippen LogP) is 4.79. The third-order valence-electron chi connectivity index (χ3n) is 5.23. The Morgan fingerprint density at radius 2 is 1.69 bits per heavy atom. The van der Waals surface area contributed by atoms with Gasteiger partial charge in [-0.25, -0.2) is 12.8 Å². The Hall–Kier alpha value is -3.04. The Kier molecular flexibility index (Phi) is 6.38. The lowest BCUT2D eigenvalue weighted by molar-refractivity contribution is -0.0498. The number of sulfonamides is 1. The van der Waals surface area contributed by atoms with Crippen molar-refractivity contribution in [3.8, 4) is 5.75 Å². The third kappa shape index (κ3) is 5.41. The van der Waals surface area contributed by atoms with Crippen LogP contribution in [0.5, 0.6) is 5.75 Å². The first-order valence-corrected chi connectivity index (χ1v) is 11.4. The molecule has 5 nitrogen and oxygen atoms in total. The van der Waals surface area contributed by atoms with Gasteiger partial charge in [0.05, 0.1) is 4.90 Å². The molecule has 1 aliphatic heterocycles. The molecule has 0 aliphatic carbocycles. The molecule has 0 amide bonds. The van der Waals surface area contributed by atoms with Crippen molar-refractivity contribution in [1.82, 2.24) is 4.90 Å². The van der Waals surface area contributed by atoms with Crippen LogP contribution in [0.4, 0.5) is 18.9 Å². The highest BCUT2D eigenvalue weighted by atomic mass is 32.2. The van der Waals surface area contributed by atoms with E-state index in [1.807, 2.05) is 0 Å². The number of benzene rings is 3. The molecule has 1 heterocycles. The fourth-order valence-corrected chi connectivity index (χ4v) is 4.77. The van der Waals surface area contributed by atoms with Gasteiger partial charge >= 0.3 is 6.61 Å². The molecule has 0 spiro atoms. The summed E-state index contributed by atoms with van der Waals surface area (Å²) >= 11 is 0. The largest absolute Gasteiger partial charge is 0.435 e. The van der Waals surface area contributed by atoms with Gasteiger partial charge in [0.25, 0.3) is 10.0 Å². The molecule has 32 heavy (non-hydrogen) atoms. The van der Waals surface area contributed by atoms with Crippen molar-refractivity contribution in [3.63, 3.8) is 0 Å². The number of rotatable bonds is 7. The van der Waals surface area contributed by atoms with Crippen LogP contribution in [0.1, 0.15) is 16.7 Å². The van der Waals surface area contributed by atoms with E-state index in [1.54, 1.807) is 30.3 Å². The minimum Gasteiger partial charge on any atom is -0.435 e. The number of nitrogens with one attached hydrogen (secondary N) is 1. The zero-order valence-corrected chi connectivity index (χ0v) is 17.8. The molecule has 0 radical (unpaired) electrons. The normalized spacial score (nSPS) is 14.2. The van der Waals surface area contributed by atoms with E-state index < -0.39 is 22.5 Å². The molecule has 0 unspecified atom stereocenters. The standard InChI is InChI=1S/C23H21F3N2O3S/c24-19-4-6-20(7-5-19)27-32(29,30)22-10-3-18-15-28(12-11-17(18)13-22)14-16-1-8-21(9-2-16)31-23(25)26/h1-10,13,23,27H,11-12,14-15H2. The minimum atomic E-state index is -3.79. The summed E-state index contributed by atoms with van der Waals surface area (Å²) in [6.07, 6.45) is 0.682. The molecule has 3 aromatic rings. The fraction of sp³-hybridized carbons (Fsp3) is 0.217. The summed E-state index contributed by atoms with van der Waals surface area (Å²) in [5.41, 5.74) is 3.26. The Morgan fingerprint density at radius 3 is 2.38 bits per heavy atom. The van der Waals surface area contributed by atoms with Crippen LogP contribution in [-0.4, -0.2) is 26.5 Å². The maximum Gasteiger partial charge on any atom is 0.387 e. The summed E-state index contributed by atoms with van der Waals surface area (Å²) in [4.78, 5) is 2.36. The number of hydrogen-bond acceptors (Lipinski definition) is 4. The smallest absolute Gasteiger partial charge is 0.387 e. The number of alkyl halides is 2. The number of anilines is 1. The Balaban J connectivity index is 1.42. The summed E-state index contributed by atoms with van der Waals surface area (Å²) in [6.45, 7) is -0.826. The molecule has 1 N–H and O–H groups in total. The van der Waals surface area contributed by atoms with E-state index in [1.165, 1.54) is 36.4 Å². The fourth-order valence-electron chi connectivity index (χ4n) is 3.66. The highest BCUT2D eigenvalue weighted by molar-refractivity contribution is 7.92. The van der Waals surface area contributed by atoms with Crippen molar-refractivity contribution >= 4 is 15.7 Å². The number of ether oxygens (including phenoxy) is 1. The Bertz CT molecular complexity index is 1180. The minimum absolute atomic E-state index is 0.121. The van der Waals surface area contributed by atoms with Gasteiger partial charge in [0.2, 0.25) is 0 Å². The van der Waals surface area contributed by atoms with E-state index in [0.717, 1.165) is 23.2 Å². The molecule has 0 bridgehead atoms. The lowest BCUT2D eigenvalue weighted by Gasteiger charge is -2.29. The van der Waals surface area contributed by atoms with Crippen molar-refractivity contribution in [2.45, 2.75) is 31.0 Å². The maximum absolute atomic E-state index is 13.0. The lowest BCUT2D eigenvalue weighted by atomic mass is 9.99. The molecular weight excluding hydrogens is 441 g/mol. The molecule has 0 atom stereocenters. The van der Waals surface area contributed by atoms with E-state index in [2.05, 4.69) is 14.4 Å². The second-order valence-corrected chi connectivity index (χ2v) is 9.21. The van der Waals surface area contributed by atoms with Gasteiger partial charge in [-0.15, -0.1) is 0 Å². The van der Waals surface area contributed by atoms with Crippen LogP contribution in [0.15, 0.2) is 71.6 Å². The lowest BCUT2D eigenvalue weighted by Crippen LogP contribution is -2.30. The summed E-state index contributed by atoms with van der Waals surface area (Å²) < 4.78 is 69.8. The van der Waals surface area contributed by atoms with Crippen molar-refractivity contribution < 1.29 is 26.3 Å². The quantitative estimate of drug-likeness (QED) is 0.549. The molecular formula is C23H21F3N2O3S. The van der Waals surface area contributed by atoms with Gasteiger partial charge in [-0.1, -0.05) is 18.2 Å². The van der Waals surface area contributed by atoms with Crippen molar-refractivity contribution in [1.29, 1.82) is 0 Å². The molecule has 4 rings (SSSR count). The van der Waals surface area contributed by atoms with E-state index in [0.29, 0.717) is 25.2 Å². The SMILES string of the molecule is O=S(=O)(Nc1ccc(F)cc1)c1ccc2c(c1)CCN(Cc1ccc(OC(F)F)cc1)C2. The first kappa shape index (κ1) is 22.2. The van der Waals surface area contributed by atoms with Gasteiger partial charge in [0.15, 0.2) is 0 Å². The van der Waals surface area contributed by atoms with Crippen LogP contribution in [0.25, 0.3) is 0 Å². The Morgan fingerprint density at radius 1 is 0.969 bits per heavy atom. The van der Waals surface area contributed by atoms with E-state index in [-0.39, 0.29) is 10.6 Å². The van der Waals surface area contributed by atoms with E-state index in [4.69, 9.17) is 0 Å². The van der Waals surface area contributed by atoms with Crippen LogP contribution < -0.4 is 9.46 Å². The van der Waals surface area contributed by atoms with E-state index in [9.17, 15) is 21.6 Å². The first-order valence-electron chi connectivity index (χ1n) is 9.95. The molecule has 3 aromatic carbocycles. The highest BCUT2D eigenvalue weighted by Crippen LogP contribution is 2.25. The molecule has 168 valence electrons. The molecule has 0 saturated carbocycles. The zero-order valence-electron chi connectivity index (χ0n) is 17.0. The van der Waals surface area contributed by atoms with Gasteiger partial charge in [-0.2, -0.15) is 8.78 Å². The van der Waals surface area contributed by atoms with Crippen LogP contribution in [0, 0.1) is 5.82 Å². The molecule has 0 aromatic heterocycles. The van der Waals surface area contributed by atoms with E-state index >= 15 is 0 Å². The van der Waals surface area contributed by atoms with Crippen LogP contribution in [-0.2, 0) is 29.5 Å². The van der Waals surface area contributed by atoms with Crippen LogP contribution >= 0.6 is 0 Å². The van der Waals surface area contributed by atoms with Crippen LogP contribution in [0.3, 0.4) is 0 Å². The van der Waals surface area contributed by atoms with Gasteiger partial charge in [-0.05, 0) is 71.6 Å². The summed E-state index contributed by atoms with van der Waals surface area (Å²) in [5, 5.41) is 0. The number of fused-ring (bicyclic) bond motifs is 1. The van der Waals surface area contributed by atoms with Crippen LogP contribution in [0.2, 0.25) is 0 Å². The highest BCUT2D eigenvalue weighted by Gasteiger charge is 2.21. The summed E-state index contributed by atoms with van der Waals surface area (Å²) in [7, 11) is -3.79. The molecule has 1 aliphatic rings. The van der Waals surface area contributed by atoms with Gasteiger partial charge < -0.3 is 4.74 Å². The molecule has 0 fully saturated rings. The third-order valence-corrected chi connectivity index (χ3v) is 6.61. The second kappa shape index (κ2) is 9.22. The second-order valence-electron chi connectivity index (χ2n) is 7.53. The average molecular weight is 462 g/mol. The first-order chi connectivity index (χ1) is 15.3. The van der Waals surface area contributed by atoms with Gasteiger partial charge in [0, 0.05) is 25.3 Å². The maximum atomic E-state index is 13.0. The predicted molar refractivity (Wildman–Crippen MR) is 115 cm³/mol. The van der Waals surface area contributed by atoms with Crippen molar-refractivity contribution in [2.75, 3.05) is 11.3 Å². The topological polar surface area (TPSA) is 58.6 Å². The molecule has 9 heteroatoms. The Labute approximate surface area is 184 Å². The average Bonchev–Trinajstić information content (AvgIpc) is 2.76. The summed E-state index contributed by atoms with van der Waals surface area (Å²) in [5.74, 6) is -0.320. The number of nitrogens with zero attached hydrogens (tertiary/aromatic N) is 1. The van der Waals surface area contributed by atoms with Gasteiger partial charge in [-0.3, -0.25) is 9.62 Å².